The molecule has 4 rings (SSSR count). The number of benzene rings is 4. The smallest absolute Gasteiger partial charge is 0.241 e. The van der Waals surface area contributed by atoms with E-state index in [0.29, 0.717) is 11.1 Å². The number of nitrogens with one attached hydrogen (secondary N) is 2. The number of sulfonamides is 2. The van der Waals surface area contributed by atoms with E-state index in [-0.39, 0.29) is 22.6 Å². The molecule has 0 fully saturated rings. The van der Waals surface area contributed by atoms with Crippen LogP contribution in [-0.4, -0.2) is 57.0 Å². The van der Waals surface area contributed by atoms with Crippen LogP contribution >= 0.6 is 23.2 Å². The first-order valence-electron chi connectivity index (χ1n) is 14.8. The third-order valence-corrected chi connectivity index (χ3v) is 11.3. The summed E-state index contributed by atoms with van der Waals surface area (Å²) >= 11 is 12.8. The van der Waals surface area contributed by atoms with Crippen molar-refractivity contribution in [2.45, 2.75) is 59.3 Å². The van der Waals surface area contributed by atoms with Crippen molar-refractivity contribution in [3.63, 3.8) is 0 Å². The average molecular weight is 730 g/mol. The molecule has 0 aliphatic rings. The molecule has 9 nitrogen and oxygen atoms in total. The Morgan fingerprint density at radius 1 is 0.521 bits per heavy atom. The van der Waals surface area contributed by atoms with Crippen LogP contribution in [0, 0.1) is 13.8 Å². The molecule has 0 aliphatic carbocycles. The minimum atomic E-state index is -4.25. The molecule has 0 heterocycles. The van der Waals surface area contributed by atoms with Crippen molar-refractivity contribution < 1.29 is 31.2 Å². The highest BCUT2D eigenvalue weighted by atomic mass is 35.5. The van der Waals surface area contributed by atoms with Gasteiger partial charge >= 0.3 is 0 Å². The predicted octanol–water partition coefficient (Wildman–Crippen LogP) is 4.70. The second-order valence-corrected chi connectivity index (χ2v) is 15.6. The zero-order chi connectivity index (χ0) is 35.1. The minimum Gasteiger partial charge on any atom is -0.296 e. The van der Waals surface area contributed by atoms with Gasteiger partial charge in [0.25, 0.3) is 0 Å². The van der Waals surface area contributed by atoms with E-state index in [2.05, 4.69) is 9.44 Å². The number of halogens is 2. The molecular weight excluding hydrogens is 695 g/mol. The molecule has 252 valence electrons. The van der Waals surface area contributed by atoms with Gasteiger partial charge in [0.2, 0.25) is 20.0 Å². The van der Waals surface area contributed by atoms with Gasteiger partial charge in [-0.05, 0) is 62.1 Å². The molecular formula is C35H34Cl2N2O7S2. The SMILES string of the molecule is Cc1ccc(S(=O)(=O)NC(Cc2ccccc2)C(=O)C(Cl)C(=O)C(Cl)C(=O)C(Cc2ccccc2)NS(=O)(=O)c2ccc(C)cc2)cc1. The van der Waals surface area contributed by atoms with E-state index in [1.165, 1.54) is 24.3 Å². The van der Waals surface area contributed by atoms with Gasteiger partial charge in [-0.15, -0.1) is 23.2 Å². The Bertz CT molecular complexity index is 1810. The van der Waals surface area contributed by atoms with Crippen LogP contribution in [0.25, 0.3) is 0 Å². The zero-order valence-electron chi connectivity index (χ0n) is 26.0. The monoisotopic (exact) mass is 728 g/mol. The van der Waals surface area contributed by atoms with Gasteiger partial charge in [-0.25, -0.2) is 26.3 Å². The van der Waals surface area contributed by atoms with E-state index in [1.807, 2.05) is 0 Å². The maximum absolute atomic E-state index is 13.7. The number of hydrogen-bond acceptors (Lipinski definition) is 7. The fourth-order valence-electron chi connectivity index (χ4n) is 4.81. The van der Waals surface area contributed by atoms with Crippen LogP contribution in [0.1, 0.15) is 22.3 Å². The Balaban J connectivity index is 1.60. The maximum atomic E-state index is 13.7. The van der Waals surface area contributed by atoms with Gasteiger partial charge in [-0.2, -0.15) is 0 Å². The lowest BCUT2D eigenvalue weighted by Crippen LogP contribution is -2.52. The largest absolute Gasteiger partial charge is 0.296 e. The fraction of sp³-hybridized carbons (Fsp3) is 0.229. The summed E-state index contributed by atoms with van der Waals surface area (Å²) in [5, 5.41) is -4.09. The first-order chi connectivity index (χ1) is 22.7. The van der Waals surface area contributed by atoms with Crippen molar-refractivity contribution in [1.82, 2.24) is 9.44 Å². The lowest BCUT2D eigenvalue weighted by molar-refractivity contribution is -0.130. The summed E-state index contributed by atoms with van der Waals surface area (Å²) in [6, 6.07) is 25.9. The van der Waals surface area contributed by atoms with Crippen molar-refractivity contribution in [1.29, 1.82) is 0 Å². The van der Waals surface area contributed by atoms with Crippen LogP contribution in [0.4, 0.5) is 0 Å². The van der Waals surface area contributed by atoms with Gasteiger partial charge < -0.3 is 0 Å². The van der Waals surface area contributed by atoms with E-state index >= 15 is 0 Å². The molecule has 0 spiro atoms. The summed E-state index contributed by atoms with van der Waals surface area (Å²) in [5.41, 5.74) is 2.79. The van der Waals surface area contributed by atoms with Crippen LogP contribution in [0.3, 0.4) is 0 Å². The Kier molecular flexibility index (Phi) is 12.5. The Morgan fingerprint density at radius 2 is 0.833 bits per heavy atom. The third-order valence-electron chi connectivity index (χ3n) is 7.51. The molecule has 13 heteroatoms. The summed E-state index contributed by atoms with van der Waals surface area (Å²) in [6.45, 7) is 3.58. The van der Waals surface area contributed by atoms with Crippen molar-refractivity contribution in [3.8, 4) is 0 Å². The Hall–Kier alpha value is -3.71. The first kappa shape index (κ1) is 37.1. The summed E-state index contributed by atoms with van der Waals surface area (Å²) in [5.74, 6) is -3.27. The van der Waals surface area contributed by atoms with E-state index in [4.69, 9.17) is 23.2 Å². The number of Topliss-reactive ketones (excluding diaryl/α,β-unsaturated/α-hetero) is 3. The highest BCUT2D eigenvalue weighted by molar-refractivity contribution is 7.89. The molecule has 4 atom stereocenters. The Labute approximate surface area is 290 Å². The van der Waals surface area contributed by atoms with Crippen molar-refractivity contribution in [3.05, 3.63) is 131 Å². The molecule has 2 N–H and O–H groups in total. The molecule has 0 saturated heterocycles. The number of alkyl halides is 2. The van der Waals surface area contributed by atoms with Crippen LogP contribution < -0.4 is 9.44 Å². The normalized spacial score (nSPS) is 14.4. The lowest BCUT2D eigenvalue weighted by atomic mass is 9.95. The highest BCUT2D eigenvalue weighted by Gasteiger charge is 2.41. The quantitative estimate of drug-likeness (QED) is 0.126. The Morgan fingerprint density at radius 3 is 1.15 bits per heavy atom. The summed E-state index contributed by atoms with van der Waals surface area (Å²) in [4.78, 5) is 40.8. The van der Waals surface area contributed by atoms with Gasteiger partial charge in [0.1, 0.15) is 0 Å². The van der Waals surface area contributed by atoms with Gasteiger partial charge in [0, 0.05) is 0 Å². The minimum absolute atomic E-state index is 0.105. The van der Waals surface area contributed by atoms with E-state index in [1.54, 1.807) is 98.8 Å². The highest BCUT2D eigenvalue weighted by Crippen LogP contribution is 2.20. The van der Waals surface area contributed by atoms with Gasteiger partial charge in [-0.1, -0.05) is 96.1 Å². The van der Waals surface area contributed by atoms with Crippen molar-refractivity contribution >= 4 is 60.6 Å². The molecule has 48 heavy (non-hydrogen) atoms. The number of carbonyl (C=O) groups excluding carboxylic acids is 3. The van der Waals surface area contributed by atoms with Crippen LogP contribution in [0.2, 0.25) is 0 Å². The summed E-state index contributed by atoms with van der Waals surface area (Å²) in [7, 11) is -8.50. The molecule has 0 aliphatic heterocycles. The average Bonchev–Trinajstić information content (AvgIpc) is 3.07. The molecule has 0 bridgehead atoms. The molecule has 0 amide bonds. The number of hydrogen-bond donors (Lipinski definition) is 2. The van der Waals surface area contributed by atoms with Crippen LogP contribution in [-0.2, 0) is 47.3 Å². The zero-order valence-corrected chi connectivity index (χ0v) is 29.2. The van der Waals surface area contributed by atoms with E-state index < -0.39 is 60.2 Å². The summed E-state index contributed by atoms with van der Waals surface area (Å²) < 4.78 is 57.8. The molecule has 4 aromatic carbocycles. The second-order valence-electron chi connectivity index (χ2n) is 11.3. The summed E-state index contributed by atoms with van der Waals surface area (Å²) in [6.07, 6.45) is -0.315. The van der Waals surface area contributed by atoms with Gasteiger partial charge in [0.05, 0.1) is 21.9 Å². The molecule has 4 unspecified atom stereocenters. The second kappa shape index (κ2) is 16.1. The number of aryl methyl sites for hydroxylation is 2. The van der Waals surface area contributed by atoms with Crippen LogP contribution in [0.15, 0.2) is 119 Å². The lowest BCUT2D eigenvalue weighted by Gasteiger charge is -2.23. The predicted molar refractivity (Wildman–Crippen MR) is 185 cm³/mol. The van der Waals surface area contributed by atoms with Crippen LogP contribution in [0.5, 0.6) is 0 Å². The third kappa shape index (κ3) is 9.68. The van der Waals surface area contributed by atoms with E-state index in [0.717, 1.165) is 11.1 Å². The van der Waals surface area contributed by atoms with Crippen molar-refractivity contribution in [2.75, 3.05) is 0 Å². The fourth-order valence-corrected chi connectivity index (χ4v) is 7.84. The van der Waals surface area contributed by atoms with Gasteiger partial charge in [0.15, 0.2) is 28.1 Å². The molecule has 0 radical (unpaired) electrons. The van der Waals surface area contributed by atoms with Crippen molar-refractivity contribution in [2.24, 2.45) is 0 Å². The number of rotatable bonds is 16. The molecule has 0 aromatic heterocycles. The van der Waals surface area contributed by atoms with E-state index in [9.17, 15) is 31.2 Å². The number of ketones is 3. The standard InChI is InChI=1S/C35H34Cl2N2O7S2/c1-23-13-17-27(18-14-23)47(43,44)38-29(21-25-9-5-3-6-10-25)33(40)31(36)35(42)32(37)34(41)30(22-26-11-7-4-8-12-26)39-48(45,46)28-19-15-24(2)16-20-28/h3-20,29-32,38-39H,21-22H2,1-2H3. The first-order valence-corrected chi connectivity index (χ1v) is 18.7. The number of carbonyl (C=O) groups is 3. The molecule has 4 aromatic rings. The van der Waals surface area contributed by atoms with Gasteiger partial charge in [-0.3, -0.25) is 14.4 Å². The maximum Gasteiger partial charge on any atom is 0.241 e. The molecule has 0 saturated carbocycles. The topological polar surface area (TPSA) is 144 Å².